The topological polar surface area (TPSA) is 70.4 Å². The molecule has 2 aromatic carbocycles. The molecule has 0 unspecified atom stereocenters. The smallest absolute Gasteiger partial charge is 0.271 e. The fourth-order valence-corrected chi connectivity index (χ4v) is 4.91. The zero-order valence-electron chi connectivity index (χ0n) is 13.5. The molecule has 1 aliphatic heterocycles. The Labute approximate surface area is 150 Å². The van der Waals surface area contributed by atoms with Gasteiger partial charge in [-0.2, -0.15) is 0 Å². The standard InChI is InChI=1S/C17H15ClN2O4S/c1-10-19-14-5-3-4-6-15(14)20(10)25(21,22)16-9-12(7-8-13(16)18)17-23-11(2)24-17/h3-9,11,17H,1-2H3. The van der Waals surface area contributed by atoms with E-state index in [1.165, 1.54) is 16.1 Å². The number of rotatable bonds is 3. The van der Waals surface area contributed by atoms with Gasteiger partial charge < -0.3 is 9.47 Å². The fourth-order valence-electron chi connectivity index (χ4n) is 2.91. The molecule has 2 heterocycles. The second kappa shape index (κ2) is 5.81. The number of halogens is 1. The zero-order valence-corrected chi connectivity index (χ0v) is 15.1. The highest BCUT2D eigenvalue weighted by Crippen LogP contribution is 2.35. The molecule has 0 aliphatic carbocycles. The van der Waals surface area contributed by atoms with Crippen molar-refractivity contribution in [2.45, 2.75) is 31.3 Å². The summed E-state index contributed by atoms with van der Waals surface area (Å²) in [4.78, 5) is 4.31. The first-order valence-corrected chi connectivity index (χ1v) is 9.50. The lowest BCUT2D eigenvalue weighted by molar-refractivity contribution is -0.382. The third-order valence-corrected chi connectivity index (χ3v) is 6.33. The molecule has 1 aromatic heterocycles. The van der Waals surface area contributed by atoms with Gasteiger partial charge in [0.1, 0.15) is 10.7 Å². The maximum Gasteiger partial charge on any atom is 0.271 e. The Hall–Kier alpha value is -1.93. The highest BCUT2D eigenvalue weighted by Gasteiger charge is 2.31. The zero-order chi connectivity index (χ0) is 17.8. The van der Waals surface area contributed by atoms with Crippen molar-refractivity contribution < 1.29 is 17.9 Å². The summed E-state index contributed by atoms with van der Waals surface area (Å²) in [6.45, 7) is 3.42. The lowest BCUT2D eigenvalue weighted by atomic mass is 10.2. The van der Waals surface area contributed by atoms with E-state index in [1.807, 2.05) is 6.07 Å². The Balaban J connectivity index is 1.88. The van der Waals surface area contributed by atoms with Gasteiger partial charge in [-0.3, -0.25) is 0 Å². The van der Waals surface area contributed by atoms with Gasteiger partial charge in [0.05, 0.1) is 16.1 Å². The van der Waals surface area contributed by atoms with E-state index in [9.17, 15) is 8.42 Å². The van der Waals surface area contributed by atoms with E-state index in [-0.39, 0.29) is 16.2 Å². The summed E-state index contributed by atoms with van der Waals surface area (Å²) in [6.07, 6.45) is -0.887. The molecule has 0 bridgehead atoms. The van der Waals surface area contributed by atoms with Crippen LogP contribution in [-0.2, 0) is 19.5 Å². The molecular weight excluding hydrogens is 364 g/mol. The van der Waals surface area contributed by atoms with Crippen molar-refractivity contribution in [1.29, 1.82) is 0 Å². The van der Waals surface area contributed by atoms with E-state index in [2.05, 4.69) is 4.98 Å². The van der Waals surface area contributed by atoms with Crippen LogP contribution in [0.1, 0.15) is 24.6 Å². The van der Waals surface area contributed by atoms with E-state index >= 15 is 0 Å². The van der Waals surface area contributed by atoms with Gasteiger partial charge in [0.2, 0.25) is 0 Å². The van der Waals surface area contributed by atoms with Crippen LogP contribution in [0, 0.1) is 6.92 Å². The van der Waals surface area contributed by atoms with E-state index in [1.54, 1.807) is 38.1 Å². The number of hydrogen-bond donors (Lipinski definition) is 0. The summed E-state index contributed by atoms with van der Waals surface area (Å²) in [6, 6.07) is 11.8. The lowest BCUT2D eigenvalue weighted by Gasteiger charge is -2.34. The average Bonchev–Trinajstić information content (AvgIpc) is 2.89. The molecule has 0 atom stereocenters. The first kappa shape index (κ1) is 16.5. The first-order valence-electron chi connectivity index (χ1n) is 7.68. The van der Waals surface area contributed by atoms with Crippen LogP contribution in [0.25, 0.3) is 11.0 Å². The normalized spacial score (nSPS) is 20.6. The number of fused-ring (bicyclic) bond motifs is 1. The second-order valence-electron chi connectivity index (χ2n) is 5.78. The molecule has 130 valence electrons. The second-order valence-corrected chi connectivity index (χ2v) is 7.94. The van der Waals surface area contributed by atoms with Crippen LogP contribution in [0.2, 0.25) is 5.02 Å². The molecule has 6 nitrogen and oxygen atoms in total. The van der Waals surface area contributed by atoms with Crippen LogP contribution < -0.4 is 0 Å². The van der Waals surface area contributed by atoms with Gasteiger partial charge in [-0.05, 0) is 38.1 Å². The number of imidazole rings is 1. The molecular formula is C17H15ClN2O4S. The number of nitrogens with zero attached hydrogens (tertiary/aromatic N) is 2. The SMILES string of the molecule is Cc1nc2ccccc2n1S(=O)(=O)c1cc(C2OC(C)O2)ccc1Cl. The molecule has 3 aromatic rings. The van der Waals surface area contributed by atoms with Gasteiger partial charge in [-0.25, -0.2) is 17.4 Å². The van der Waals surface area contributed by atoms with Crippen molar-refractivity contribution >= 4 is 32.7 Å². The number of aromatic nitrogens is 2. The largest absolute Gasteiger partial charge is 0.320 e. The van der Waals surface area contributed by atoms with Gasteiger partial charge in [-0.1, -0.05) is 29.8 Å². The molecule has 0 N–H and O–H groups in total. The van der Waals surface area contributed by atoms with Crippen LogP contribution >= 0.6 is 11.6 Å². The summed E-state index contributed by atoms with van der Waals surface area (Å²) in [5.74, 6) is 0.368. The van der Waals surface area contributed by atoms with Crippen LogP contribution in [-0.4, -0.2) is 23.7 Å². The molecule has 0 amide bonds. The number of ether oxygens (including phenoxy) is 2. The third kappa shape index (κ3) is 2.64. The van der Waals surface area contributed by atoms with Crippen molar-refractivity contribution in [3.8, 4) is 0 Å². The van der Waals surface area contributed by atoms with Crippen molar-refractivity contribution in [3.63, 3.8) is 0 Å². The maximum atomic E-state index is 13.3. The lowest BCUT2D eigenvalue weighted by Crippen LogP contribution is -2.31. The van der Waals surface area contributed by atoms with Gasteiger partial charge in [0, 0.05) is 5.56 Å². The van der Waals surface area contributed by atoms with Gasteiger partial charge in [0.15, 0.2) is 12.6 Å². The van der Waals surface area contributed by atoms with Gasteiger partial charge in [0.25, 0.3) is 10.0 Å². The van der Waals surface area contributed by atoms with Crippen LogP contribution in [0.15, 0.2) is 47.4 Å². The Morgan fingerprint density at radius 1 is 1.16 bits per heavy atom. The molecule has 0 radical (unpaired) electrons. The Bertz CT molecular complexity index is 1070. The number of hydrogen-bond acceptors (Lipinski definition) is 5. The minimum absolute atomic E-state index is 0.00956. The van der Waals surface area contributed by atoms with Gasteiger partial charge in [-0.15, -0.1) is 0 Å². The van der Waals surface area contributed by atoms with E-state index in [0.717, 1.165) is 0 Å². The quantitative estimate of drug-likeness (QED) is 0.696. The Kier molecular flexibility index (Phi) is 3.84. The van der Waals surface area contributed by atoms with Gasteiger partial charge >= 0.3 is 0 Å². The molecule has 8 heteroatoms. The van der Waals surface area contributed by atoms with Crippen molar-refractivity contribution in [1.82, 2.24) is 8.96 Å². The summed E-state index contributed by atoms with van der Waals surface area (Å²) in [5, 5.41) is 0.133. The van der Waals surface area contributed by atoms with Crippen LogP contribution in [0.4, 0.5) is 0 Å². The monoisotopic (exact) mass is 378 g/mol. The number of benzene rings is 2. The summed E-state index contributed by atoms with van der Waals surface area (Å²) in [5.41, 5.74) is 1.71. The minimum atomic E-state index is -3.93. The fraction of sp³-hybridized carbons (Fsp3) is 0.235. The molecule has 0 saturated carbocycles. The number of para-hydroxylation sites is 2. The summed E-state index contributed by atoms with van der Waals surface area (Å²) >= 11 is 6.20. The first-order chi connectivity index (χ1) is 11.9. The summed E-state index contributed by atoms with van der Waals surface area (Å²) < 4.78 is 38.6. The van der Waals surface area contributed by atoms with Crippen LogP contribution in [0.3, 0.4) is 0 Å². The van der Waals surface area contributed by atoms with E-state index < -0.39 is 16.3 Å². The predicted molar refractivity (Wildman–Crippen MR) is 92.9 cm³/mol. The molecule has 25 heavy (non-hydrogen) atoms. The molecule has 0 spiro atoms. The highest BCUT2D eigenvalue weighted by molar-refractivity contribution is 7.90. The summed E-state index contributed by atoms with van der Waals surface area (Å²) in [7, 11) is -3.93. The Morgan fingerprint density at radius 2 is 1.88 bits per heavy atom. The van der Waals surface area contributed by atoms with Crippen molar-refractivity contribution in [2.24, 2.45) is 0 Å². The average molecular weight is 379 g/mol. The van der Waals surface area contributed by atoms with Crippen molar-refractivity contribution in [2.75, 3.05) is 0 Å². The van der Waals surface area contributed by atoms with E-state index in [4.69, 9.17) is 21.1 Å². The molecule has 1 saturated heterocycles. The van der Waals surface area contributed by atoms with E-state index in [0.29, 0.717) is 22.4 Å². The minimum Gasteiger partial charge on any atom is -0.320 e. The molecule has 4 rings (SSSR count). The van der Waals surface area contributed by atoms with Crippen LogP contribution in [0.5, 0.6) is 0 Å². The highest BCUT2D eigenvalue weighted by atomic mass is 35.5. The predicted octanol–water partition coefficient (Wildman–Crippen LogP) is 3.63. The molecule has 1 aliphatic rings. The van der Waals surface area contributed by atoms with Crippen molar-refractivity contribution in [3.05, 3.63) is 58.9 Å². The molecule has 1 fully saturated rings. The Morgan fingerprint density at radius 3 is 2.60 bits per heavy atom. The maximum absolute atomic E-state index is 13.3. The third-order valence-electron chi connectivity index (χ3n) is 4.05. The number of aryl methyl sites for hydroxylation is 1.